The van der Waals surface area contributed by atoms with Crippen LogP contribution in [0.2, 0.25) is 0 Å². The largest absolute Gasteiger partial charge is 0.354 e. The fourth-order valence-corrected chi connectivity index (χ4v) is 1.00. The molecule has 0 radical (unpaired) electrons. The first-order chi connectivity index (χ1) is 5.02. The summed E-state index contributed by atoms with van der Waals surface area (Å²) in [7, 11) is 0. The van der Waals surface area contributed by atoms with E-state index in [1.54, 1.807) is 6.92 Å². The van der Waals surface area contributed by atoms with Crippen LogP contribution in [0.5, 0.6) is 0 Å². The summed E-state index contributed by atoms with van der Waals surface area (Å²) in [6, 6.07) is 0.329. The molecule has 0 aliphatic carbocycles. The van der Waals surface area contributed by atoms with Crippen LogP contribution >= 0.6 is 0 Å². The Labute approximate surface area is 69.4 Å². The van der Waals surface area contributed by atoms with Gasteiger partial charge in [-0.05, 0) is 25.7 Å². The van der Waals surface area contributed by atoms with Crippen LogP contribution in [0.4, 0.5) is 0 Å². The van der Waals surface area contributed by atoms with Crippen LogP contribution in [0.3, 0.4) is 0 Å². The molecule has 2 heteroatoms. The van der Waals surface area contributed by atoms with Crippen molar-refractivity contribution in [1.82, 2.24) is 5.32 Å². The molecule has 1 N–H and O–H groups in total. The number of hydrogen-bond acceptors (Lipinski definition) is 1. The molecular formula is C9H19NO. The SMILES string of the molecule is CC(=O)NC(C)CCC(C)C. The maximum atomic E-state index is 10.6. The highest BCUT2D eigenvalue weighted by atomic mass is 16.1. The van der Waals surface area contributed by atoms with Gasteiger partial charge in [0.2, 0.25) is 5.91 Å². The van der Waals surface area contributed by atoms with Gasteiger partial charge in [0, 0.05) is 13.0 Å². The van der Waals surface area contributed by atoms with Crippen LogP contribution in [-0.4, -0.2) is 11.9 Å². The molecule has 11 heavy (non-hydrogen) atoms. The Balaban J connectivity index is 3.37. The molecule has 0 aliphatic heterocycles. The summed E-state index contributed by atoms with van der Waals surface area (Å²) in [4.78, 5) is 10.6. The van der Waals surface area contributed by atoms with Crippen LogP contribution in [-0.2, 0) is 4.79 Å². The molecule has 1 atom stereocenters. The molecule has 0 aliphatic rings. The molecular weight excluding hydrogens is 138 g/mol. The van der Waals surface area contributed by atoms with Crippen molar-refractivity contribution in [1.29, 1.82) is 0 Å². The average molecular weight is 157 g/mol. The van der Waals surface area contributed by atoms with Crippen molar-refractivity contribution in [3.8, 4) is 0 Å². The van der Waals surface area contributed by atoms with E-state index in [1.165, 1.54) is 6.42 Å². The molecule has 0 fully saturated rings. The quantitative estimate of drug-likeness (QED) is 0.664. The summed E-state index contributed by atoms with van der Waals surface area (Å²) in [5.41, 5.74) is 0. The monoisotopic (exact) mass is 157 g/mol. The van der Waals surface area contributed by atoms with Gasteiger partial charge in [-0.25, -0.2) is 0 Å². The lowest BCUT2D eigenvalue weighted by Crippen LogP contribution is -2.30. The summed E-state index contributed by atoms with van der Waals surface area (Å²) in [6.45, 7) is 8.00. The van der Waals surface area contributed by atoms with E-state index >= 15 is 0 Å². The van der Waals surface area contributed by atoms with Crippen molar-refractivity contribution in [3.63, 3.8) is 0 Å². The van der Waals surface area contributed by atoms with E-state index in [9.17, 15) is 4.79 Å². The Bertz CT molecular complexity index is 121. The lowest BCUT2D eigenvalue weighted by atomic mass is 10.0. The summed E-state index contributed by atoms with van der Waals surface area (Å²) >= 11 is 0. The van der Waals surface area contributed by atoms with Gasteiger partial charge in [0.25, 0.3) is 0 Å². The summed E-state index contributed by atoms with van der Waals surface area (Å²) < 4.78 is 0. The van der Waals surface area contributed by atoms with Gasteiger partial charge in [-0.3, -0.25) is 4.79 Å². The van der Waals surface area contributed by atoms with Gasteiger partial charge in [0.05, 0.1) is 0 Å². The maximum Gasteiger partial charge on any atom is 0.217 e. The van der Waals surface area contributed by atoms with Gasteiger partial charge >= 0.3 is 0 Å². The summed E-state index contributed by atoms with van der Waals surface area (Å²) in [5, 5.41) is 2.86. The lowest BCUT2D eigenvalue weighted by Gasteiger charge is -2.13. The third-order valence-electron chi connectivity index (χ3n) is 1.63. The molecule has 1 unspecified atom stereocenters. The topological polar surface area (TPSA) is 29.1 Å². The van der Waals surface area contributed by atoms with E-state index < -0.39 is 0 Å². The van der Waals surface area contributed by atoms with Crippen LogP contribution in [0.1, 0.15) is 40.5 Å². The van der Waals surface area contributed by atoms with E-state index in [-0.39, 0.29) is 5.91 Å². The second-order valence-corrected chi connectivity index (χ2v) is 3.57. The summed E-state index contributed by atoms with van der Waals surface area (Å²) in [5.74, 6) is 0.799. The number of carbonyl (C=O) groups is 1. The van der Waals surface area contributed by atoms with Gasteiger partial charge in [-0.15, -0.1) is 0 Å². The Morgan fingerprint density at radius 3 is 2.18 bits per heavy atom. The smallest absolute Gasteiger partial charge is 0.217 e. The first kappa shape index (κ1) is 10.5. The minimum absolute atomic E-state index is 0.0706. The van der Waals surface area contributed by atoms with Crippen molar-refractivity contribution in [2.75, 3.05) is 0 Å². The molecule has 0 aromatic heterocycles. The minimum atomic E-state index is 0.0706. The second-order valence-electron chi connectivity index (χ2n) is 3.57. The van der Waals surface area contributed by atoms with E-state index in [4.69, 9.17) is 0 Å². The van der Waals surface area contributed by atoms with Crippen molar-refractivity contribution in [2.45, 2.75) is 46.6 Å². The Kier molecular flexibility index (Phi) is 4.92. The molecule has 0 saturated carbocycles. The molecule has 0 rings (SSSR count). The number of rotatable bonds is 4. The molecule has 0 saturated heterocycles. The Morgan fingerprint density at radius 1 is 1.27 bits per heavy atom. The van der Waals surface area contributed by atoms with Crippen LogP contribution in [0, 0.1) is 5.92 Å². The van der Waals surface area contributed by atoms with E-state index in [0.29, 0.717) is 6.04 Å². The first-order valence-corrected chi connectivity index (χ1v) is 4.29. The molecule has 0 bridgehead atoms. The predicted molar refractivity (Wildman–Crippen MR) is 47.4 cm³/mol. The fraction of sp³-hybridized carbons (Fsp3) is 0.889. The van der Waals surface area contributed by atoms with Crippen LogP contribution in [0.25, 0.3) is 0 Å². The molecule has 0 heterocycles. The van der Waals surface area contributed by atoms with E-state index in [2.05, 4.69) is 19.2 Å². The molecule has 66 valence electrons. The van der Waals surface area contributed by atoms with Crippen molar-refractivity contribution in [2.24, 2.45) is 5.92 Å². The number of hydrogen-bond donors (Lipinski definition) is 1. The second kappa shape index (κ2) is 5.16. The van der Waals surface area contributed by atoms with Gasteiger partial charge < -0.3 is 5.32 Å². The maximum absolute atomic E-state index is 10.6. The van der Waals surface area contributed by atoms with E-state index in [0.717, 1.165) is 12.3 Å². The average Bonchev–Trinajstić information content (AvgIpc) is 1.82. The molecule has 0 aromatic rings. The number of nitrogens with one attached hydrogen (secondary N) is 1. The zero-order valence-corrected chi connectivity index (χ0v) is 7.98. The van der Waals surface area contributed by atoms with Gasteiger partial charge in [-0.2, -0.15) is 0 Å². The highest BCUT2D eigenvalue weighted by Gasteiger charge is 2.03. The molecule has 1 amide bonds. The lowest BCUT2D eigenvalue weighted by molar-refractivity contribution is -0.119. The minimum Gasteiger partial charge on any atom is -0.354 e. The molecule has 0 aromatic carbocycles. The fourth-order valence-electron chi connectivity index (χ4n) is 1.00. The zero-order chi connectivity index (χ0) is 8.85. The van der Waals surface area contributed by atoms with Gasteiger partial charge in [0.1, 0.15) is 0 Å². The first-order valence-electron chi connectivity index (χ1n) is 4.29. The molecule has 0 spiro atoms. The Morgan fingerprint density at radius 2 is 1.82 bits per heavy atom. The van der Waals surface area contributed by atoms with Crippen molar-refractivity contribution in [3.05, 3.63) is 0 Å². The van der Waals surface area contributed by atoms with Crippen LogP contribution < -0.4 is 5.32 Å². The predicted octanol–water partition coefficient (Wildman–Crippen LogP) is 1.95. The van der Waals surface area contributed by atoms with Crippen LogP contribution in [0.15, 0.2) is 0 Å². The number of amides is 1. The molecule has 2 nitrogen and oxygen atoms in total. The highest BCUT2D eigenvalue weighted by molar-refractivity contribution is 5.73. The normalized spacial score (nSPS) is 13.2. The summed E-state index contributed by atoms with van der Waals surface area (Å²) in [6.07, 6.45) is 2.26. The highest BCUT2D eigenvalue weighted by Crippen LogP contribution is 2.05. The third-order valence-corrected chi connectivity index (χ3v) is 1.63. The van der Waals surface area contributed by atoms with Gasteiger partial charge in [-0.1, -0.05) is 13.8 Å². The van der Waals surface area contributed by atoms with E-state index in [1.807, 2.05) is 6.92 Å². The standard InChI is InChI=1S/C9H19NO/c1-7(2)5-6-8(3)10-9(4)11/h7-8H,5-6H2,1-4H3,(H,10,11). The van der Waals surface area contributed by atoms with Crippen molar-refractivity contribution < 1.29 is 4.79 Å². The third kappa shape index (κ3) is 7.37. The Hall–Kier alpha value is -0.530. The van der Waals surface area contributed by atoms with Gasteiger partial charge in [0.15, 0.2) is 0 Å². The number of carbonyl (C=O) groups excluding carboxylic acids is 1. The van der Waals surface area contributed by atoms with Crippen molar-refractivity contribution >= 4 is 5.91 Å². The zero-order valence-electron chi connectivity index (χ0n) is 7.98.